The Balaban J connectivity index is 1.62. The molecule has 5 rings (SSSR count). The van der Waals surface area contributed by atoms with E-state index in [1.54, 1.807) is 11.9 Å². The number of unbranched alkanes of at least 4 members (excludes halogenated alkanes) is 1. The van der Waals surface area contributed by atoms with Crippen LogP contribution in [0, 0.1) is 0 Å². The Hall–Kier alpha value is -2.83. The number of aliphatic imine (C=N–C) groups is 1. The molecule has 1 aliphatic heterocycles. The van der Waals surface area contributed by atoms with Gasteiger partial charge in [-0.2, -0.15) is 0 Å². The van der Waals surface area contributed by atoms with Crippen molar-refractivity contribution >= 4 is 80.3 Å². The summed E-state index contributed by atoms with van der Waals surface area (Å²) < 4.78 is 2.11. The second-order valence-corrected chi connectivity index (χ2v) is 10.8. The summed E-state index contributed by atoms with van der Waals surface area (Å²) in [6, 6.07) is 30.2. The van der Waals surface area contributed by atoms with Gasteiger partial charge in [0.15, 0.2) is 5.11 Å². The maximum atomic E-state index is 6.22. The summed E-state index contributed by atoms with van der Waals surface area (Å²) >= 11 is 20.1. The van der Waals surface area contributed by atoms with Gasteiger partial charge in [0.25, 0.3) is 0 Å². The van der Waals surface area contributed by atoms with Crippen LogP contribution in [0.4, 0.5) is 11.4 Å². The summed E-state index contributed by atoms with van der Waals surface area (Å²) in [6.45, 7) is 2.92. The van der Waals surface area contributed by atoms with Crippen molar-refractivity contribution in [3.63, 3.8) is 0 Å². The largest absolute Gasteiger partial charge is 0.285 e. The molecule has 4 aromatic carbocycles. The molecule has 0 radical (unpaired) electrons. The lowest BCUT2D eigenvalue weighted by Gasteiger charge is -2.21. The van der Waals surface area contributed by atoms with Crippen molar-refractivity contribution in [3.8, 4) is 0 Å². The van der Waals surface area contributed by atoms with Crippen LogP contribution in [0.2, 0.25) is 10.0 Å². The molecule has 0 aromatic heterocycles. The van der Waals surface area contributed by atoms with Gasteiger partial charge >= 0.3 is 0 Å². The minimum Gasteiger partial charge on any atom is -0.285 e. The number of hydrogen-bond acceptors (Lipinski definition) is 3. The van der Waals surface area contributed by atoms with Crippen LogP contribution in [0.15, 0.2) is 107 Å². The topological polar surface area (TPSA) is 18.8 Å². The summed E-state index contributed by atoms with van der Waals surface area (Å²) in [5.74, 6) is 0. The van der Waals surface area contributed by atoms with Gasteiger partial charge in [-0.25, -0.2) is 0 Å². The van der Waals surface area contributed by atoms with Gasteiger partial charge in [-0.1, -0.05) is 85.1 Å². The fourth-order valence-electron chi connectivity index (χ4n) is 4.13. The SMILES string of the molecule is CCCCN=C(C=C1SN(c2cccc3ccccc23)C(=S)N1c1ccc(Cl)cc1)c1ccc(Cl)cc1. The van der Waals surface area contributed by atoms with Gasteiger partial charge < -0.3 is 0 Å². The van der Waals surface area contributed by atoms with Gasteiger partial charge in [-0.3, -0.25) is 14.2 Å². The molecule has 0 atom stereocenters. The highest BCUT2D eigenvalue weighted by atomic mass is 35.5. The molecule has 0 saturated carbocycles. The maximum Gasteiger partial charge on any atom is 0.196 e. The highest BCUT2D eigenvalue weighted by Crippen LogP contribution is 2.44. The minimum atomic E-state index is 0.680. The number of hydrogen-bond donors (Lipinski definition) is 0. The highest BCUT2D eigenvalue weighted by Gasteiger charge is 2.34. The van der Waals surface area contributed by atoms with E-state index in [9.17, 15) is 0 Å². The molecule has 1 aliphatic rings. The van der Waals surface area contributed by atoms with E-state index in [4.69, 9.17) is 40.4 Å². The number of thiocarbonyl (C=S) groups is 1. The summed E-state index contributed by atoms with van der Waals surface area (Å²) in [4.78, 5) is 7.05. The maximum absolute atomic E-state index is 6.22. The van der Waals surface area contributed by atoms with Gasteiger partial charge in [0.1, 0.15) is 5.03 Å². The Morgan fingerprint density at radius 3 is 2.30 bits per heavy atom. The molecule has 186 valence electrons. The Morgan fingerprint density at radius 1 is 0.892 bits per heavy atom. The zero-order chi connectivity index (χ0) is 25.8. The molecule has 0 spiro atoms. The molecule has 4 aromatic rings. The van der Waals surface area contributed by atoms with Crippen molar-refractivity contribution in [2.45, 2.75) is 19.8 Å². The average molecular weight is 563 g/mol. The van der Waals surface area contributed by atoms with Crippen LogP contribution in [0.25, 0.3) is 10.8 Å². The van der Waals surface area contributed by atoms with Crippen LogP contribution >= 0.6 is 47.4 Å². The zero-order valence-corrected chi connectivity index (χ0v) is 23.4. The predicted octanol–water partition coefficient (Wildman–Crippen LogP) is 9.54. The average Bonchev–Trinajstić information content (AvgIpc) is 3.24. The fourth-order valence-corrected chi connectivity index (χ4v) is 5.90. The van der Waals surface area contributed by atoms with E-state index in [0.717, 1.165) is 52.5 Å². The molecule has 37 heavy (non-hydrogen) atoms. The van der Waals surface area contributed by atoms with Gasteiger partial charge in [0.2, 0.25) is 0 Å². The number of allylic oxidation sites excluding steroid dienone is 1. The van der Waals surface area contributed by atoms with Crippen molar-refractivity contribution < 1.29 is 0 Å². The molecule has 0 aliphatic carbocycles. The van der Waals surface area contributed by atoms with Crippen LogP contribution in [-0.2, 0) is 0 Å². The minimum absolute atomic E-state index is 0.680. The summed E-state index contributed by atoms with van der Waals surface area (Å²) in [6.07, 6.45) is 4.23. The Labute approximate surface area is 237 Å². The number of anilines is 2. The quantitative estimate of drug-likeness (QED) is 0.0966. The van der Waals surface area contributed by atoms with E-state index in [1.165, 1.54) is 5.39 Å². The Kier molecular flexibility index (Phi) is 8.16. The van der Waals surface area contributed by atoms with Crippen molar-refractivity contribution in [1.29, 1.82) is 0 Å². The van der Waals surface area contributed by atoms with Crippen molar-refractivity contribution in [2.24, 2.45) is 4.99 Å². The molecular weight excluding hydrogens is 537 g/mol. The molecule has 3 nitrogen and oxygen atoms in total. The van der Waals surface area contributed by atoms with Crippen molar-refractivity contribution in [2.75, 3.05) is 15.7 Å². The first-order chi connectivity index (χ1) is 18.0. The number of rotatable bonds is 7. The van der Waals surface area contributed by atoms with E-state index in [-0.39, 0.29) is 0 Å². The lowest BCUT2D eigenvalue weighted by Crippen LogP contribution is -2.30. The lowest BCUT2D eigenvalue weighted by atomic mass is 10.1. The normalized spacial score (nSPS) is 15.3. The third kappa shape index (κ3) is 5.70. The zero-order valence-electron chi connectivity index (χ0n) is 20.3. The van der Waals surface area contributed by atoms with Gasteiger partial charge in [-0.15, -0.1) is 0 Å². The highest BCUT2D eigenvalue weighted by molar-refractivity contribution is 8.07. The molecule has 0 unspecified atom stereocenters. The molecule has 1 fully saturated rings. The molecular formula is C30H25Cl2N3S2. The van der Waals surface area contributed by atoms with Crippen LogP contribution < -0.4 is 9.21 Å². The summed E-state index contributed by atoms with van der Waals surface area (Å²) in [5, 5.41) is 5.34. The van der Waals surface area contributed by atoms with Crippen LogP contribution in [0.1, 0.15) is 25.3 Å². The summed E-state index contributed by atoms with van der Waals surface area (Å²) in [7, 11) is 0. The van der Waals surface area contributed by atoms with E-state index in [1.807, 2.05) is 48.5 Å². The van der Waals surface area contributed by atoms with Gasteiger partial charge in [-0.05, 0) is 78.1 Å². The smallest absolute Gasteiger partial charge is 0.196 e. The standard InChI is InChI=1S/C30H25Cl2N3S2/c1-2-3-19-33-27(22-11-13-23(31)14-12-22)20-29-34(25-17-15-24(32)16-18-25)30(36)35(37-29)28-10-6-8-21-7-4-5-9-26(21)28/h4-18,20H,2-3,19H2,1H3. The Bertz CT molecular complexity index is 1480. The van der Waals surface area contributed by atoms with Gasteiger partial charge in [0, 0.05) is 39.6 Å². The number of benzene rings is 4. The first-order valence-electron chi connectivity index (χ1n) is 12.1. The van der Waals surface area contributed by atoms with E-state index < -0.39 is 0 Å². The van der Waals surface area contributed by atoms with Gasteiger partial charge in [0.05, 0.1) is 11.4 Å². The van der Waals surface area contributed by atoms with E-state index in [2.05, 4.69) is 64.7 Å². The molecule has 0 bridgehead atoms. The molecule has 7 heteroatoms. The monoisotopic (exact) mass is 561 g/mol. The van der Waals surface area contributed by atoms with Crippen LogP contribution in [-0.4, -0.2) is 17.4 Å². The second kappa shape index (κ2) is 11.7. The van der Waals surface area contributed by atoms with E-state index in [0.29, 0.717) is 15.2 Å². The number of halogens is 2. The van der Waals surface area contributed by atoms with Crippen LogP contribution in [0.3, 0.4) is 0 Å². The third-order valence-corrected chi connectivity index (χ3v) is 8.06. The molecule has 1 heterocycles. The number of fused-ring (bicyclic) bond motifs is 1. The summed E-state index contributed by atoms with van der Waals surface area (Å²) in [5.41, 5.74) is 3.90. The fraction of sp³-hybridized carbons (Fsp3) is 0.133. The Morgan fingerprint density at radius 2 is 1.57 bits per heavy atom. The lowest BCUT2D eigenvalue weighted by molar-refractivity contribution is 0.808. The predicted molar refractivity (Wildman–Crippen MR) is 166 cm³/mol. The molecule has 0 N–H and O–H groups in total. The third-order valence-electron chi connectivity index (χ3n) is 6.03. The first kappa shape index (κ1) is 25.8. The van der Waals surface area contributed by atoms with Crippen LogP contribution in [0.5, 0.6) is 0 Å². The number of nitrogens with zero attached hydrogens (tertiary/aromatic N) is 3. The molecule has 0 amide bonds. The van der Waals surface area contributed by atoms with E-state index >= 15 is 0 Å². The first-order valence-corrected chi connectivity index (χ1v) is 14.1. The second-order valence-electron chi connectivity index (χ2n) is 8.59. The molecule has 1 saturated heterocycles. The van der Waals surface area contributed by atoms with Crippen molar-refractivity contribution in [1.82, 2.24) is 0 Å². The van der Waals surface area contributed by atoms with Crippen molar-refractivity contribution in [3.05, 3.63) is 118 Å².